The van der Waals surface area contributed by atoms with Crippen LogP contribution in [0.25, 0.3) is 0 Å². The minimum absolute atomic E-state index is 0.00667. The lowest BCUT2D eigenvalue weighted by Crippen LogP contribution is -2.20. The number of pyridine rings is 1. The first kappa shape index (κ1) is 12.0. The fraction of sp³-hybridized carbons (Fsp3) is 0.312. The SMILES string of the molecule is Cc1cc(=O)n(Cc2ccc3c(c2)CCC3)cc1N. The highest BCUT2D eigenvalue weighted by molar-refractivity contribution is 5.43. The summed E-state index contributed by atoms with van der Waals surface area (Å²) in [5.41, 5.74) is 11.5. The first-order valence-electron chi connectivity index (χ1n) is 6.71. The Morgan fingerprint density at radius 2 is 2.00 bits per heavy atom. The standard InChI is InChI=1S/C16H18N2O/c1-11-7-16(19)18(10-15(11)17)9-12-5-6-13-3-2-4-14(13)8-12/h5-8,10H,2-4,9,17H2,1H3. The van der Waals surface area contributed by atoms with Crippen LogP contribution in [0.15, 0.2) is 35.3 Å². The number of hydrogen-bond acceptors (Lipinski definition) is 2. The van der Waals surface area contributed by atoms with Gasteiger partial charge in [0.2, 0.25) is 0 Å². The van der Waals surface area contributed by atoms with E-state index in [0.717, 1.165) is 12.0 Å². The molecule has 0 bridgehead atoms. The van der Waals surface area contributed by atoms with E-state index in [0.29, 0.717) is 12.2 Å². The zero-order valence-electron chi connectivity index (χ0n) is 11.1. The Kier molecular flexibility index (Phi) is 2.90. The van der Waals surface area contributed by atoms with Crippen LogP contribution in [0.1, 0.15) is 28.7 Å². The van der Waals surface area contributed by atoms with Gasteiger partial charge in [-0.2, -0.15) is 0 Å². The van der Waals surface area contributed by atoms with E-state index >= 15 is 0 Å². The molecular formula is C16H18N2O. The van der Waals surface area contributed by atoms with Crippen LogP contribution >= 0.6 is 0 Å². The second-order valence-corrected chi connectivity index (χ2v) is 5.33. The van der Waals surface area contributed by atoms with Crippen LogP contribution in [-0.4, -0.2) is 4.57 Å². The van der Waals surface area contributed by atoms with E-state index in [1.54, 1.807) is 16.8 Å². The fourth-order valence-electron chi connectivity index (χ4n) is 2.73. The summed E-state index contributed by atoms with van der Waals surface area (Å²) in [5.74, 6) is 0. The zero-order chi connectivity index (χ0) is 13.4. The van der Waals surface area contributed by atoms with Gasteiger partial charge in [-0.05, 0) is 48.4 Å². The molecule has 0 radical (unpaired) electrons. The summed E-state index contributed by atoms with van der Waals surface area (Å²) in [6, 6.07) is 8.14. The molecular weight excluding hydrogens is 236 g/mol. The third kappa shape index (κ3) is 2.28. The Hall–Kier alpha value is -2.03. The van der Waals surface area contributed by atoms with Crippen molar-refractivity contribution in [1.29, 1.82) is 0 Å². The van der Waals surface area contributed by atoms with Crippen molar-refractivity contribution >= 4 is 5.69 Å². The number of nitrogen functional groups attached to an aromatic ring is 1. The van der Waals surface area contributed by atoms with Gasteiger partial charge in [-0.25, -0.2) is 0 Å². The predicted molar refractivity (Wildman–Crippen MR) is 77.4 cm³/mol. The normalized spacial score (nSPS) is 13.5. The number of anilines is 1. The Labute approximate surface area is 112 Å². The molecule has 0 saturated heterocycles. The van der Waals surface area contributed by atoms with Gasteiger partial charge in [0.25, 0.3) is 5.56 Å². The highest BCUT2D eigenvalue weighted by Gasteiger charge is 2.11. The van der Waals surface area contributed by atoms with Crippen LogP contribution in [-0.2, 0) is 19.4 Å². The third-order valence-electron chi connectivity index (χ3n) is 3.89. The number of benzene rings is 1. The molecule has 0 fully saturated rings. The smallest absolute Gasteiger partial charge is 0.251 e. The molecule has 0 amide bonds. The minimum atomic E-state index is 0.00667. The summed E-state index contributed by atoms with van der Waals surface area (Å²) in [6.07, 6.45) is 5.34. The lowest BCUT2D eigenvalue weighted by molar-refractivity contribution is 0.758. The van der Waals surface area contributed by atoms with Crippen molar-refractivity contribution in [3.63, 3.8) is 0 Å². The molecule has 98 valence electrons. The van der Waals surface area contributed by atoms with Crippen LogP contribution in [0, 0.1) is 6.92 Å². The summed E-state index contributed by atoms with van der Waals surface area (Å²) in [7, 11) is 0. The largest absolute Gasteiger partial charge is 0.397 e. The summed E-state index contributed by atoms with van der Waals surface area (Å²) in [4.78, 5) is 11.9. The quantitative estimate of drug-likeness (QED) is 0.893. The lowest BCUT2D eigenvalue weighted by Gasteiger charge is -2.10. The van der Waals surface area contributed by atoms with Gasteiger partial charge in [-0.15, -0.1) is 0 Å². The molecule has 2 N–H and O–H groups in total. The van der Waals surface area contributed by atoms with Gasteiger partial charge in [0.1, 0.15) is 0 Å². The molecule has 3 rings (SSSR count). The Bertz CT molecular complexity index is 686. The average Bonchev–Trinajstić information content (AvgIpc) is 2.83. The molecule has 1 aliphatic carbocycles. The molecule has 3 nitrogen and oxygen atoms in total. The number of nitrogens with zero attached hydrogens (tertiary/aromatic N) is 1. The Balaban J connectivity index is 1.93. The molecule has 1 aromatic carbocycles. The number of aromatic nitrogens is 1. The molecule has 0 aliphatic heterocycles. The number of fused-ring (bicyclic) bond motifs is 1. The van der Waals surface area contributed by atoms with Crippen molar-refractivity contribution in [2.24, 2.45) is 0 Å². The van der Waals surface area contributed by atoms with Crippen molar-refractivity contribution < 1.29 is 0 Å². The van der Waals surface area contributed by atoms with Gasteiger partial charge in [-0.3, -0.25) is 4.79 Å². The highest BCUT2D eigenvalue weighted by atomic mass is 16.1. The molecule has 1 heterocycles. The molecule has 1 aliphatic rings. The minimum Gasteiger partial charge on any atom is -0.397 e. The maximum atomic E-state index is 11.9. The van der Waals surface area contributed by atoms with Gasteiger partial charge >= 0.3 is 0 Å². The zero-order valence-corrected chi connectivity index (χ0v) is 11.1. The third-order valence-corrected chi connectivity index (χ3v) is 3.89. The summed E-state index contributed by atoms with van der Waals surface area (Å²) in [6.45, 7) is 2.45. The van der Waals surface area contributed by atoms with Crippen molar-refractivity contribution in [2.75, 3.05) is 5.73 Å². The summed E-state index contributed by atoms with van der Waals surface area (Å²) >= 11 is 0. The van der Waals surface area contributed by atoms with E-state index in [1.807, 2.05) is 6.92 Å². The number of rotatable bonds is 2. The van der Waals surface area contributed by atoms with E-state index in [1.165, 1.54) is 29.5 Å². The van der Waals surface area contributed by atoms with Gasteiger partial charge < -0.3 is 10.3 Å². The van der Waals surface area contributed by atoms with E-state index < -0.39 is 0 Å². The second kappa shape index (κ2) is 4.57. The first-order valence-corrected chi connectivity index (χ1v) is 6.71. The average molecular weight is 254 g/mol. The molecule has 0 atom stereocenters. The predicted octanol–water partition coefficient (Wildman–Crippen LogP) is 2.28. The van der Waals surface area contributed by atoms with E-state index in [4.69, 9.17) is 5.73 Å². The first-order chi connectivity index (χ1) is 9.13. The summed E-state index contributed by atoms with van der Waals surface area (Å²) in [5, 5.41) is 0. The van der Waals surface area contributed by atoms with Crippen LogP contribution < -0.4 is 11.3 Å². The van der Waals surface area contributed by atoms with Crippen LogP contribution in [0.4, 0.5) is 5.69 Å². The van der Waals surface area contributed by atoms with Gasteiger partial charge in [-0.1, -0.05) is 18.2 Å². The van der Waals surface area contributed by atoms with Crippen LogP contribution in [0.3, 0.4) is 0 Å². The number of aryl methyl sites for hydroxylation is 3. The monoisotopic (exact) mass is 254 g/mol. The van der Waals surface area contributed by atoms with Crippen molar-refractivity contribution in [3.05, 3.63) is 63.1 Å². The van der Waals surface area contributed by atoms with Gasteiger partial charge in [0.05, 0.1) is 12.2 Å². The van der Waals surface area contributed by atoms with E-state index in [2.05, 4.69) is 18.2 Å². The molecule has 0 spiro atoms. The Morgan fingerprint density at radius 3 is 2.84 bits per heavy atom. The van der Waals surface area contributed by atoms with Crippen molar-refractivity contribution in [2.45, 2.75) is 32.7 Å². The molecule has 0 saturated carbocycles. The van der Waals surface area contributed by atoms with Crippen molar-refractivity contribution in [1.82, 2.24) is 4.57 Å². The van der Waals surface area contributed by atoms with Gasteiger partial charge in [0.15, 0.2) is 0 Å². The van der Waals surface area contributed by atoms with E-state index in [-0.39, 0.29) is 5.56 Å². The molecule has 0 unspecified atom stereocenters. The second-order valence-electron chi connectivity index (χ2n) is 5.33. The Morgan fingerprint density at radius 1 is 1.21 bits per heavy atom. The van der Waals surface area contributed by atoms with E-state index in [9.17, 15) is 4.79 Å². The number of nitrogens with two attached hydrogens (primary N) is 1. The summed E-state index contributed by atoms with van der Waals surface area (Å²) < 4.78 is 1.68. The topological polar surface area (TPSA) is 48.0 Å². The maximum Gasteiger partial charge on any atom is 0.251 e. The van der Waals surface area contributed by atoms with Gasteiger partial charge in [0, 0.05) is 12.3 Å². The van der Waals surface area contributed by atoms with Crippen LogP contribution in [0.5, 0.6) is 0 Å². The molecule has 19 heavy (non-hydrogen) atoms. The molecule has 2 aromatic rings. The molecule has 3 heteroatoms. The highest BCUT2D eigenvalue weighted by Crippen LogP contribution is 2.23. The van der Waals surface area contributed by atoms with Crippen molar-refractivity contribution in [3.8, 4) is 0 Å². The number of hydrogen-bond donors (Lipinski definition) is 1. The fourth-order valence-corrected chi connectivity index (χ4v) is 2.73. The lowest BCUT2D eigenvalue weighted by atomic mass is 10.1. The maximum absolute atomic E-state index is 11.9. The van der Waals surface area contributed by atoms with Crippen LogP contribution in [0.2, 0.25) is 0 Å². The molecule has 1 aromatic heterocycles.